The monoisotopic (exact) mass is 154 g/mol. The van der Waals surface area contributed by atoms with E-state index in [-0.39, 0.29) is 0 Å². The minimum absolute atomic E-state index is 0.655. The van der Waals surface area contributed by atoms with Crippen LogP contribution in [0.25, 0.3) is 0 Å². The van der Waals surface area contributed by atoms with E-state index in [0.29, 0.717) is 6.54 Å². The summed E-state index contributed by atoms with van der Waals surface area (Å²) >= 11 is 1.53. The van der Waals surface area contributed by atoms with Gasteiger partial charge in [0.25, 0.3) is 0 Å². The summed E-state index contributed by atoms with van der Waals surface area (Å²) in [7, 11) is 0. The summed E-state index contributed by atoms with van der Waals surface area (Å²) in [5, 5.41) is 2.06. The molecule has 0 atom stereocenters. The van der Waals surface area contributed by atoms with Crippen molar-refractivity contribution in [2.75, 3.05) is 0 Å². The fourth-order valence-corrected chi connectivity index (χ4v) is 1.89. The van der Waals surface area contributed by atoms with Crippen molar-refractivity contribution >= 4 is 11.5 Å². The molecule has 0 amide bonds. The zero-order valence-electron chi connectivity index (χ0n) is 5.71. The standard InChI is InChI=1S/C7H10N2S/c8-3-6-4-10-9-7(6)5-1-2-5/h4-5H,1-3,8H2. The van der Waals surface area contributed by atoms with Gasteiger partial charge in [-0.05, 0) is 29.9 Å². The van der Waals surface area contributed by atoms with E-state index in [4.69, 9.17) is 5.73 Å². The molecule has 0 unspecified atom stereocenters. The van der Waals surface area contributed by atoms with Crippen LogP contribution in [0.2, 0.25) is 0 Å². The Bertz CT molecular complexity index is 227. The molecule has 1 heterocycles. The molecule has 0 radical (unpaired) electrons. The van der Waals surface area contributed by atoms with Crippen LogP contribution in [-0.2, 0) is 6.54 Å². The molecule has 10 heavy (non-hydrogen) atoms. The molecule has 1 fully saturated rings. The predicted octanol–water partition coefficient (Wildman–Crippen LogP) is 1.48. The molecule has 2 N–H and O–H groups in total. The van der Waals surface area contributed by atoms with Gasteiger partial charge in [0.05, 0.1) is 5.69 Å². The van der Waals surface area contributed by atoms with Gasteiger partial charge in [-0.3, -0.25) is 0 Å². The predicted molar refractivity (Wildman–Crippen MR) is 42.0 cm³/mol. The van der Waals surface area contributed by atoms with Crippen molar-refractivity contribution in [2.45, 2.75) is 25.3 Å². The number of rotatable bonds is 2. The van der Waals surface area contributed by atoms with Crippen molar-refractivity contribution < 1.29 is 0 Å². The van der Waals surface area contributed by atoms with Gasteiger partial charge in [-0.25, -0.2) is 0 Å². The smallest absolute Gasteiger partial charge is 0.0617 e. The Kier molecular flexibility index (Phi) is 1.47. The van der Waals surface area contributed by atoms with Gasteiger partial charge in [0.2, 0.25) is 0 Å². The molecule has 0 aliphatic heterocycles. The van der Waals surface area contributed by atoms with Crippen LogP contribution < -0.4 is 5.73 Å². The molecule has 2 rings (SSSR count). The van der Waals surface area contributed by atoms with Crippen LogP contribution >= 0.6 is 11.5 Å². The van der Waals surface area contributed by atoms with Crippen LogP contribution in [0, 0.1) is 0 Å². The first-order valence-electron chi connectivity index (χ1n) is 3.55. The summed E-state index contributed by atoms with van der Waals surface area (Å²) in [5.41, 5.74) is 8.06. The van der Waals surface area contributed by atoms with Crippen LogP contribution in [0.4, 0.5) is 0 Å². The van der Waals surface area contributed by atoms with E-state index in [1.165, 1.54) is 35.6 Å². The summed E-state index contributed by atoms with van der Waals surface area (Å²) in [6.07, 6.45) is 2.63. The van der Waals surface area contributed by atoms with Crippen molar-refractivity contribution in [3.05, 3.63) is 16.6 Å². The van der Waals surface area contributed by atoms with Crippen LogP contribution in [0.15, 0.2) is 5.38 Å². The highest BCUT2D eigenvalue weighted by Gasteiger charge is 2.27. The van der Waals surface area contributed by atoms with Crippen molar-refractivity contribution in [1.29, 1.82) is 0 Å². The second kappa shape index (κ2) is 2.32. The molecular formula is C7H10N2S. The zero-order valence-corrected chi connectivity index (χ0v) is 6.53. The Balaban J connectivity index is 2.28. The molecule has 1 saturated carbocycles. The zero-order chi connectivity index (χ0) is 6.97. The number of nitrogens with two attached hydrogens (primary N) is 1. The van der Waals surface area contributed by atoms with E-state index < -0.39 is 0 Å². The molecule has 0 aromatic carbocycles. The minimum atomic E-state index is 0.655. The number of nitrogens with zero attached hydrogens (tertiary/aromatic N) is 1. The first-order valence-corrected chi connectivity index (χ1v) is 4.38. The molecule has 1 aromatic rings. The van der Waals surface area contributed by atoms with E-state index in [9.17, 15) is 0 Å². The third-order valence-electron chi connectivity index (χ3n) is 1.86. The Hall–Kier alpha value is -0.410. The fraction of sp³-hybridized carbons (Fsp3) is 0.571. The van der Waals surface area contributed by atoms with Gasteiger partial charge in [-0.2, -0.15) is 4.37 Å². The maximum absolute atomic E-state index is 5.53. The van der Waals surface area contributed by atoms with E-state index in [1.807, 2.05) is 0 Å². The topological polar surface area (TPSA) is 38.9 Å². The van der Waals surface area contributed by atoms with Gasteiger partial charge in [-0.15, -0.1) is 0 Å². The molecule has 0 bridgehead atoms. The molecule has 54 valence electrons. The van der Waals surface area contributed by atoms with Gasteiger partial charge >= 0.3 is 0 Å². The van der Waals surface area contributed by atoms with Gasteiger partial charge < -0.3 is 5.73 Å². The summed E-state index contributed by atoms with van der Waals surface area (Å²) < 4.78 is 4.31. The Morgan fingerprint density at radius 2 is 2.50 bits per heavy atom. The molecule has 0 saturated heterocycles. The highest BCUT2D eigenvalue weighted by atomic mass is 32.1. The number of hydrogen-bond donors (Lipinski definition) is 1. The number of hydrogen-bond acceptors (Lipinski definition) is 3. The highest BCUT2D eigenvalue weighted by Crippen LogP contribution is 2.41. The van der Waals surface area contributed by atoms with E-state index in [0.717, 1.165) is 5.92 Å². The van der Waals surface area contributed by atoms with Gasteiger partial charge in [-0.1, -0.05) is 0 Å². The minimum Gasteiger partial charge on any atom is -0.326 e. The first kappa shape index (κ1) is 6.31. The fourth-order valence-electron chi connectivity index (χ4n) is 1.11. The third kappa shape index (κ3) is 0.954. The first-order chi connectivity index (χ1) is 4.92. The second-order valence-electron chi connectivity index (χ2n) is 2.70. The van der Waals surface area contributed by atoms with Crippen molar-refractivity contribution in [1.82, 2.24) is 4.37 Å². The lowest BCUT2D eigenvalue weighted by Gasteiger charge is -1.93. The van der Waals surface area contributed by atoms with Gasteiger partial charge in [0.15, 0.2) is 0 Å². The Labute approximate surface area is 64.2 Å². The maximum Gasteiger partial charge on any atom is 0.0617 e. The van der Waals surface area contributed by atoms with Gasteiger partial charge in [0.1, 0.15) is 0 Å². The highest BCUT2D eigenvalue weighted by molar-refractivity contribution is 7.03. The average Bonchev–Trinajstić information content (AvgIpc) is 2.69. The summed E-state index contributed by atoms with van der Waals surface area (Å²) in [6.45, 7) is 0.655. The summed E-state index contributed by atoms with van der Waals surface area (Å²) in [4.78, 5) is 0. The molecule has 1 aliphatic carbocycles. The Morgan fingerprint density at radius 3 is 3.10 bits per heavy atom. The van der Waals surface area contributed by atoms with Crippen LogP contribution in [0.1, 0.15) is 30.0 Å². The van der Waals surface area contributed by atoms with E-state index >= 15 is 0 Å². The summed E-state index contributed by atoms with van der Waals surface area (Å²) in [6, 6.07) is 0. The van der Waals surface area contributed by atoms with E-state index in [1.54, 1.807) is 0 Å². The molecular weight excluding hydrogens is 144 g/mol. The van der Waals surface area contributed by atoms with E-state index in [2.05, 4.69) is 9.75 Å². The lowest BCUT2D eigenvalue weighted by Crippen LogP contribution is -1.97. The molecule has 1 aliphatic rings. The third-order valence-corrected chi connectivity index (χ3v) is 2.55. The summed E-state index contributed by atoms with van der Waals surface area (Å²) in [5.74, 6) is 0.754. The average molecular weight is 154 g/mol. The van der Waals surface area contributed by atoms with Crippen molar-refractivity contribution in [3.8, 4) is 0 Å². The van der Waals surface area contributed by atoms with Crippen molar-refractivity contribution in [3.63, 3.8) is 0 Å². The largest absolute Gasteiger partial charge is 0.326 e. The van der Waals surface area contributed by atoms with Crippen molar-refractivity contribution in [2.24, 2.45) is 5.73 Å². The quantitative estimate of drug-likeness (QED) is 0.700. The van der Waals surface area contributed by atoms with Crippen LogP contribution in [-0.4, -0.2) is 4.37 Å². The molecule has 3 heteroatoms. The molecule has 0 spiro atoms. The number of aromatic nitrogens is 1. The SMILES string of the molecule is NCc1csnc1C1CC1. The second-order valence-corrected chi connectivity index (χ2v) is 3.33. The lowest BCUT2D eigenvalue weighted by molar-refractivity contribution is 0.976. The lowest BCUT2D eigenvalue weighted by atomic mass is 10.2. The maximum atomic E-state index is 5.53. The molecule has 1 aromatic heterocycles. The van der Waals surface area contributed by atoms with Gasteiger partial charge in [0, 0.05) is 17.8 Å². The normalized spacial score (nSPS) is 17.7. The Morgan fingerprint density at radius 1 is 1.70 bits per heavy atom. The van der Waals surface area contributed by atoms with Crippen LogP contribution in [0.3, 0.4) is 0 Å². The molecule has 2 nitrogen and oxygen atoms in total. The van der Waals surface area contributed by atoms with Crippen LogP contribution in [0.5, 0.6) is 0 Å².